The monoisotopic (exact) mass is 347 g/mol. The number of aromatic nitrogens is 2. The number of esters is 1. The van der Waals surface area contributed by atoms with Gasteiger partial charge < -0.3 is 10.1 Å². The third-order valence-electron chi connectivity index (χ3n) is 4.22. The third kappa shape index (κ3) is 2.96. The van der Waals surface area contributed by atoms with Gasteiger partial charge in [0.1, 0.15) is 10.7 Å². The molecule has 0 radical (unpaired) electrons. The minimum Gasteiger partial charge on any atom is -0.465 e. The first-order valence-corrected chi connectivity index (χ1v) is 8.95. The number of rotatable bonds is 4. The number of nitrogens with one attached hydrogen (secondary N) is 1. The van der Waals surface area contributed by atoms with Crippen molar-refractivity contribution >= 4 is 28.2 Å². The van der Waals surface area contributed by atoms with Gasteiger partial charge in [-0.1, -0.05) is 0 Å². The number of nitrogens with zero attached hydrogens (tertiary/aromatic N) is 2. The summed E-state index contributed by atoms with van der Waals surface area (Å²) >= 11 is 1.49. The van der Waals surface area contributed by atoms with Crippen LogP contribution in [0.5, 0.6) is 0 Å². The molecule has 0 aliphatic heterocycles. The van der Waals surface area contributed by atoms with Crippen molar-refractivity contribution < 1.29 is 14.3 Å². The number of fused-ring (bicyclic) bond motifs is 1. The Bertz CT molecular complexity index is 791. The lowest BCUT2D eigenvalue weighted by Gasteiger charge is -2.11. The molecule has 0 spiro atoms. The topological polar surface area (TPSA) is 73.2 Å². The molecule has 2 heterocycles. The Morgan fingerprint density at radius 2 is 2.12 bits per heavy atom. The molecular formula is C17H21N3O3S. The molecule has 128 valence electrons. The van der Waals surface area contributed by atoms with E-state index in [-0.39, 0.29) is 11.9 Å². The summed E-state index contributed by atoms with van der Waals surface area (Å²) in [4.78, 5) is 26.1. The Hall–Kier alpha value is -2.15. The first-order chi connectivity index (χ1) is 11.5. The summed E-state index contributed by atoms with van der Waals surface area (Å²) in [5.74, 6) is -0.633. The molecule has 2 aromatic heterocycles. The van der Waals surface area contributed by atoms with Gasteiger partial charge in [0, 0.05) is 11.4 Å². The van der Waals surface area contributed by atoms with Crippen LogP contribution in [-0.2, 0) is 24.1 Å². The number of amides is 1. The average Bonchev–Trinajstić information content (AvgIpc) is 3.13. The van der Waals surface area contributed by atoms with Crippen molar-refractivity contribution in [2.45, 2.75) is 46.1 Å². The Morgan fingerprint density at radius 3 is 2.83 bits per heavy atom. The van der Waals surface area contributed by atoms with Crippen molar-refractivity contribution in [1.82, 2.24) is 9.78 Å². The normalized spacial score (nSPS) is 13.5. The Labute approximate surface area is 144 Å². The molecule has 2 aromatic rings. The molecule has 1 N–H and O–H groups in total. The second-order valence-electron chi connectivity index (χ2n) is 5.85. The number of anilines is 1. The highest BCUT2D eigenvalue weighted by Gasteiger charge is 2.27. The number of hydrogen-bond donors (Lipinski definition) is 1. The zero-order chi connectivity index (χ0) is 17.3. The van der Waals surface area contributed by atoms with Crippen LogP contribution < -0.4 is 5.32 Å². The van der Waals surface area contributed by atoms with Crippen LogP contribution in [0.1, 0.15) is 56.7 Å². The standard InChI is InChI=1S/C17H21N3O3S/c1-4-20-12(9-10(2)19-20)15(21)18-16-14(17(22)23-3)11-7-5-6-8-13(11)24-16/h9H,4-8H2,1-3H3,(H,18,21). The van der Waals surface area contributed by atoms with Gasteiger partial charge in [-0.2, -0.15) is 5.10 Å². The van der Waals surface area contributed by atoms with E-state index in [4.69, 9.17) is 4.74 Å². The smallest absolute Gasteiger partial charge is 0.341 e. The number of aryl methyl sites for hydroxylation is 3. The molecular weight excluding hydrogens is 326 g/mol. The van der Waals surface area contributed by atoms with Crippen LogP contribution in [0.25, 0.3) is 0 Å². The highest BCUT2D eigenvalue weighted by molar-refractivity contribution is 7.17. The van der Waals surface area contributed by atoms with Crippen molar-refractivity contribution in [2.24, 2.45) is 0 Å². The maximum absolute atomic E-state index is 12.7. The largest absolute Gasteiger partial charge is 0.465 e. The lowest BCUT2D eigenvalue weighted by Crippen LogP contribution is -2.18. The Kier molecular flexibility index (Phi) is 4.71. The van der Waals surface area contributed by atoms with E-state index in [0.29, 0.717) is 22.8 Å². The molecule has 0 saturated carbocycles. The van der Waals surface area contributed by atoms with Crippen LogP contribution in [0.3, 0.4) is 0 Å². The molecule has 0 aromatic carbocycles. The molecule has 3 rings (SSSR count). The van der Waals surface area contributed by atoms with Crippen molar-refractivity contribution in [3.63, 3.8) is 0 Å². The number of thiophene rings is 1. The van der Waals surface area contributed by atoms with E-state index >= 15 is 0 Å². The Balaban J connectivity index is 1.96. The highest BCUT2D eigenvalue weighted by Crippen LogP contribution is 2.38. The highest BCUT2D eigenvalue weighted by atomic mass is 32.1. The fourth-order valence-corrected chi connectivity index (χ4v) is 4.38. The molecule has 0 atom stereocenters. The summed E-state index contributed by atoms with van der Waals surface area (Å²) in [5, 5.41) is 7.79. The van der Waals surface area contributed by atoms with E-state index in [9.17, 15) is 9.59 Å². The molecule has 6 nitrogen and oxygen atoms in total. The maximum atomic E-state index is 12.7. The molecule has 1 aliphatic carbocycles. The summed E-state index contributed by atoms with van der Waals surface area (Å²) in [6, 6.07) is 1.75. The number of ether oxygens (including phenoxy) is 1. The summed E-state index contributed by atoms with van der Waals surface area (Å²) in [6.07, 6.45) is 3.98. The van der Waals surface area contributed by atoms with E-state index in [1.807, 2.05) is 13.8 Å². The van der Waals surface area contributed by atoms with Gasteiger partial charge in [0.25, 0.3) is 5.91 Å². The molecule has 7 heteroatoms. The van der Waals surface area contributed by atoms with E-state index < -0.39 is 0 Å². The quantitative estimate of drug-likeness (QED) is 0.862. The molecule has 1 amide bonds. The number of carbonyl (C=O) groups excluding carboxylic acids is 2. The van der Waals surface area contributed by atoms with Crippen LogP contribution >= 0.6 is 11.3 Å². The van der Waals surface area contributed by atoms with E-state index in [1.54, 1.807) is 10.7 Å². The predicted octanol–water partition coefficient (Wildman–Crippen LogP) is 3.19. The third-order valence-corrected chi connectivity index (χ3v) is 5.43. The van der Waals surface area contributed by atoms with E-state index in [0.717, 1.165) is 36.9 Å². The lowest BCUT2D eigenvalue weighted by atomic mass is 9.95. The number of hydrogen-bond acceptors (Lipinski definition) is 5. The SMILES string of the molecule is CCn1nc(C)cc1C(=O)Nc1sc2c(c1C(=O)OC)CCCC2. The van der Waals surface area contributed by atoms with Gasteiger partial charge in [-0.05, 0) is 51.2 Å². The zero-order valence-electron chi connectivity index (χ0n) is 14.1. The Morgan fingerprint density at radius 1 is 1.38 bits per heavy atom. The first kappa shape index (κ1) is 16.7. The summed E-state index contributed by atoms with van der Waals surface area (Å²) in [7, 11) is 1.37. The second kappa shape index (κ2) is 6.76. The van der Waals surface area contributed by atoms with Gasteiger partial charge in [-0.25, -0.2) is 4.79 Å². The second-order valence-corrected chi connectivity index (χ2v) is 6.95. The predicted molar refractivity (Wildman–Crippen MR) is 92.9 cm³/mol. The minimum absolute atomic E-state index is 0.249. The van der Waals surface area contributed by atoms with Crippen LogP contribution in [0.4, 0.5) is 5.00 Å². The van der Waals surface area contributed by atoms with Gasteiger partial charge in [0.05, 0.1) is 18.4 Å². The van der Waals surface area contributed by atoms with Crippen molar-refractivity contribution in [1.29, 1.82) is 0 Å². The van der Waals surface area contributed by atoms with Gasteiger partial charge in [0.2, 0.25) is 0 Å². The van der Waals surface area contributed by atoms with Crippen molar-refractivity contribution in [3.05, 3.63) is 33.5 Å². The molecule has 0 saturated heterocycles. The van der Waals surface area contributed by atoms with Crippen LogP contribution in [0, 0.1) is 6.92 Å². The fourth-order valence-electron chi connectivity index (χ4n) is 3.11. The van der Waals surface area contributed by atoms with Gasteiger partial charge in [-0.15, -0.1) is 11.3 Å². The van der Waals surface area contributed by atoms with Gasteiger partial charge in [0.15, 0.2) is 0 Å². The van der Waals surface area contributed by atoms with Crippen molar-refractivity contribution in [2.75, 3.05) is 12.4 Å². The molecule has 1 aliphatic rings. The van der Waals surface area contributed by atoms with Gasteiger partial charge in [-0.3, -0.25) is 9.48 Å². The molecule has 24 heavy (non-hydrogen) atoms. The summed E-state index contributed by atoms with van der Waals surface area (Å²) in [6.45, 7) is 4.40. The number of methoxy groups -OCH3 is 1. The zero-order valence-corrected chi connectivity index (χ0v) is 15.0. The van der Waals surface area contributed by atoms with Crippen LogP contribution in [0.2, 0.25) is 0 Å². The maximum Gasteiger partial charge on any atom is 0.341 e. The molecule has 0 unspecified atom stereocenters. The molecule has 0 bridgehead atoms. The van der Waals surface area contributed by atoms with Crippen LogP contribution in [-0.4, -0.2) is 28.8 Å². The molecule has 0 fully saturated rings. The van der Waals surface area contributed by atoms with E-state index in [2.05, 4.69) is 10.4 Å². The fraction of sp³-hybridized carbons (Fsp3) is 0.471. The number of carbonyl (C=O) groups is 2. The average molecular weight is 347 g/mol. The van der Waals surface area contributed by atoms with Crippen molar-refractivity contribution in [3.8, 4) is 0 Å². The summed E-state index contributed by atoms with van der Waals surface area (Å²) in [5.41, 5.74) is 2.84. The van der Waals surface area contributed by atoms with Crippen LogP contribution in [0.15, 0.2) is 6.07 Å². The van der Waals surface area contributed by atoms with Gasteiger partial charge >= 0.3 is 5.97 Å². The minimum atomic E-state index is -0.384. The first-order valence-electron chi connectivity index (χ1n) is 8.13. The lowest BCUT2D eigenvalue weighted by molar-refractivity contribution is 0.0601. The summed E-state index contributed by atoms with van der Waals surface area (Å²) < 4.78 is 6.60. The van der Waals surface area contributed by atoms with E-state index in [1.165, 1.54) is 23.3 Å².